The number of benzene rings is 3. The van der Waals surface area contributed by atoms with Gasteiger partial charge in [0.2, 0.25) is 0 Å². The number of rotatable bonds is 6. The third-order valence-corrected chi connectivity index (χ3v) is 6.59. The first kappa shape index (κ1) is 25.5. The Morgan fingerprint density at radius 1 is 1.03 bits per heavy atom. The van der Waals surface area contributed by atoms with Crippen LogP contribution in [0.25, 0.3) is 32.9 Å². The van der Waals surface area contributed by atoms with Crippen molar-refractivity contribution in [2.75, 3.05) is 10.6 Å². The van der Waals surface area contributed by atoms with Crippen molar-refractivity contribution < 1.29 is 14.4 Å². The standard InChI is InChI=1S/C29H29N7O3/c1-15(2)32-29(39)33-17-8-9-20-23(14-17)34-25-21(26(30)37)11-10-19(24(20)25)18-6-5-7-22(16(18)3)35-28(38)27-31-12-13-36(27)4/h5-15,34H,1-4H3,(H2,30,37)(H,35,38)(H2,32,33,39). The molecule has 198 valence electrons. The van der Waals surface area contributed by atoms with E-state index in [1.54, 1.807) is 30.1 Å². The van der Waals surface area contributed by atoms with Gasteiger partial charge in [-0.2, -0.15) is 0 Å². The predicted molar refractivity (Wildman–Crippen MR) is 153 cm³/mol. The molecule has 0 unspecified atom stereocenters. The van der Waals surface area contributed by atoms with Gasteiger partial charge < -0.3 is 31.2 Å². The number of aromatic amines is 1. The molecule has 5 rings (SSSR count). The molecule has 39 heavy (non-hydrogen) atoms. The third-order valence-electron chi connectivity index (χ3n) is 6.59. The number of primary amides is 1. The average Bonchev–Trinajstić information content (AvgIpc) is 3.47. The maximum atomic E-state index is 12.8. The number of nitrogens with two attached hydrogens (primary N) is 1. The van der Waals surface area contributed by atoms with Gasteiger partial charge in [-0.15, -0.1) is 0 Å². The van der Waals surface area contributed by atoms with Gasteiger partial charge in [-0.1, -0.05) is 24.3 Å². The topological polar surface area (TPSA) is 147 Å². The maximum Gasteiger partial charge on any atom is 0.319 e. The SMILES string of the molecule is Cc1c(NC(=O)c2nccn2C)cccc1-c1ccc(C(N)=O)c2[nH]c3cc(NC(=O)NC(C)C)ccc3c12. The summed E-state index contributed by atoms with van der Waals surface area (Å²) in [6.07, 6.45) is 3.29. The van der Waals surface area contributed by atoms with E-state index in [4.69, 9.17) is 5.73 Å². The molecule has 0 aliphatic rings. The summed E-state index contributed by atoms with van der Waals surface area (Å²) < 4.78 is 1.65. The number of hydrogen-bond acceptors (Lipinski definition) is 4. The highest BCUT2D eigenvalue weighted by Gasteiger charge is 2.20. The second-order valence-corrected chi connectivity index (χ2v) is 9.71. The van der Waals surface area contributed by atoms with Crippen LogP contribution in [0.2, 0.25) is 0 Å². The van der Waals surface area contributed by atoms with Gasteiger partial charge in [0.15, 0.2) is 5.82 Å². The summed E-state index contributed by atoms with van der Waals surface area (Å²) in [7, 11) is 1.76. The Morgan fingerprint density at radius 3 is 2.51 bits per heavy atom. The molecule has 4 amide bonds. The van der Waals surface area contributed by atoms with Gasteiger partial charge in [-0.05, 0) is 61.7 Å². The number of H-pyrrole nitrogens is 1. The third kappa shape index (κ3) is 4.79. The van der Waals surface area contributed by atoms with E-state index >= 15 is 0 Å². The molecule has 5 aromatic rings. The van der Waals surface area contributed by atoms with Crippen LogP contribution < -0.4 is 21.7 Å². The number of anilines is 2. The highest BCUT2D eigenvalue weighted by Crippen LogP contribution is 2.39. The van der Waals surface area contributed by atoms with Crippen molar-refractivity contribution in [2.24, 2.45) is 12.8 Å². The lowest BCUT2D eigenvalue weighted by atomic mass is 9.93. The molecule has 0 spiro atoms. The molecule has 2 aromatic heterocycles. The fourth-order valence-corrected chi connectivity index (χ4v) is 4.77. The van der Waals surface area contributed by atoms with E-state index < -0.39 is 5.91 Å². The summed E-state index contributed by atoms with van der Waals surface area (Å²) in [5, 5.41) is 10.3. The lowest BCUT2D eigenvalue weighted by Gasteiger charge is -2.14. The van der Waals surface area contributed by atoms with Crippen LogP contribution >= 0.6 is 0 Å². The lowest BCUT2D eigenvalue weighted by Crippen LogP contribution is -2.34. The molecule has 10 nitrogen and oxygen atoms in total. The molecule has 6 N–H and O–H groups in total. The van der Waals surface area contributed by atoms with Crippen molar-refractivity contribution in [1.29, 1.82) is 0 Å². The second kappa shape index (κ2) is 9.97. The number of nitrogens with zero attached hydrogens (tertiary/aromatic N) is 2. The van der Waals surface area contributed by atoms with Crippen LogP contribution in [0.15, 0.2) is 60.9 Å². The first-order valence-corrected chi connectivity index (χ1v) is 12.5. The second-order valence-electron chi connectivity index (χ2n) is 9.71. The minimum absolute atomic E-state index is 0.00463. The van der Waals surface area contributed by atoms with Gasteiger partial charge in [-0.3, -0.25) is 9.59 Å². The van der Waals surface area contributed by atoms with Crippen LogP contribution in [0.4, 0.5) is 16.2 Å². The van der Waals surface area contributed by atoms with E-state index in [9.17, 15) is 14.4 Å². The zero-order chi connectivity index (χ0) is 27.8. The van der Waals surface area contributed by atoms with Crippen molar-refractivity contribution in [3.63, 3.8) is 0 Å². The Morgan fingerprint density at radius 2 is 1.82 bits per heavy atom. The summed E-state index contributed by atoms with van der Waals surface area (Å²) in [5.41, 5.74) is 11.3. The van der Waals surface area contributed by atoms with Crippen molar-refractivity contribution in [3.8, 4) is 11.1 Å². The maximum absolute atomic E-state index is 12.8. The van der Waals surface area contributed by atoms with Crippen LogP contribution in [0.1, 0.15) is 40.4 Å². The van der Waals surface area contributed by atoms with Crippen molar-refractivity contribution in [1.82, 2.24) is 19.9 Å². The van der Waals surface area contributed by atoms with Gasteiger partial charge >= 0.3 is 6.03 Å². The smallest absolute Gasteiger partial charge is 0.319 e. The molecule has 0 saturated carbocycles. The fraction of sp³-hybridized carbons (Fsp3) is 0.172. The molecule has 0 radical (unpaired) electrons. The molecule has 0 atom stereocenters. The largest absolute Gasteiger partial charge is 0.366 e. The molecular weight excluding hydrogens is 494 g/mol. The highest BCUT2D eigenvalue weighted by atomic mass is 16.2. The number of imidazole rings is 1. The minimum atomic E-state index is -0.555. The van der Waals surface area contributed by atoms with Crippen LogP contribution in [0, 0.1) is 6.92 Å². The molecule has 2 heterocycles. The van der Waals surface area contributed by atoms with Crippen molar-refractivity contribution >= 4 is 51.0 Å². The van der Waals surface area contributed by atoms with Gasteiger partial charge in [0, 0.05) is 53.1 Å². The Bertz CT molecular complexity index is 1760. The Labute approximate surface area is 224 Å². The number of carbonyl (C=O) groups excluding carboxylic acids is 3. The zero-order valence-electron chi connectivity index (χ0n) is 22.0. The Hall–Kier alpha value is -5.12. The van der Waals surface area contributed by atoms with Crippen LogP contribution in [-0.4, -0.2) is 38.4 Å². The van der Waals surface area contributed by atoms with Gasteiger partial charge in [0.05, 0.1) is 11.1 Å². The summed E-state index contributed by atoms with van der Waals surface area (Å²) in [5.74, 6) is -0.567. The van der Waals surface area contributed by atoms with E-state index in [1.807, 2.05) is 63.2 Å². The van der Waals surface area contributed by atoms with E-state index in [-0.39, 0.29) is 18.0 Å². The summed E-state index contributed by atoms with van der Waals surface area (Å²) in [4.78, 5) is 44.8. The van der Waals surface area contributed by atoms with E-state index in [0.29, 0.717) is 28.3 Å². The van der Waals surface area contributed by atoms with E-state index in [1.165, 1.54) is 0 Å². The molecule has 0 fully saturated rings. The molecule has 0 aliphatic carbocycles. The molecule has 0 bridgehead atoms. The number of amides is 4. The predicted octanol–water partition coefficient (Wildman–Crippen LogP) is 4.91. The van der Waals surface area contributed by atoms with Gasteiger partial charge in [0.1, 0.15) is 0 Å². The van der Waals surface area contributed by atoms with Gasteiger partial charge in [0.25, 0.3) is 11.8 Å². The summed E-state index contributed by atoms with van der Waals surface area (Å²) in [6.45, 7) is 5.70. The first-order chi connectivity index (χ1) is 18.6. The number of urea groups is 1. The van der Waals surface area contributed by atoms with E-state index in [0.717, 1.165) is 33.0 Å². The molecule has 0 saturated heterocycles. The molecular formula is C29H29N7O3. The minimum Gasteiger partial charge on any atom is -0.366 e. The first-order valence-electron chi connectivity index (χ1n) is 12.5. The number of aromatic nitrogens is 3. The zero-order valence-corrected chi connectivity index (χ0v) is 22.0. The quantitative estimate of drug-likeness (QED) is 0.215. The Kier molecular flexibility index (Phi) is 6.53. The van der Waals surface area contributed by atoms with Crippen LogP contribution in [0.5, 0.6) is 0 Å². The van der Waals surface area contributed by atoms with E-state index in [2.05, 4.69) is 25.9 Å². The lowest BCUT2D eigenvalue weighted by molar-refractivity contribution is 0.0996. The number of carbonyl (C=O) groups is 3. The van der Waals surface area contributed by atoms with Crippen molar-refractivity contribution in [2.45, 2.75) is 26.8 Å². The number of aryl methyl sites for hydroxylation is 1. The summed E-state index contributed by atoms with van der Waals surface area (Å²) in [6, 6.07) is 14.5. The molecule has 10 heteroatoms. The Balaban J connectivity index is 1.62. The monoisotopic (exact) mass is 523 g/mol. The normalized spacial score (nSPS) is 11.2. The van der Waals surface area contributed by atoms with Gasteiger partial charge in [-0.25, -0.2) is 9.78 Å². The fourth-order valence-electron chi connectivity index (χ4n) is 4.77. The number of fused-ring (bicyclic) bond motifs is 3. The van der Waals surface area contributed by atoms with Crippen LogP contribution in [-0.2, 0) is 7.05 Å². The highest BCUT2D eigenvalue weighted by molar-refractivity contribution is 6.20. The summed E-state index contributed by atoms with van der Waals surface area (Å²) >= 11 is 0. The molecule has 0 aliphatic heterocycles. The number of nitrogens with one attached hydrogen (secondary N) is 4. The average molecular weight is 524 g/mol. The number of hydrogen-bond donors (Lipinski definition) is 5. The molecule has 3 aromatic carbocycles. The van der Waals surface area contributed by atoms with Crippen LogP contribution in [0.3, 0.4) is 0 Å². The van der Waals surface area contributed by atoms with Crippen molar-refractivity contribution in [3.05, 3.63) is 77.9 Å².